The number of likely N-dealkylation sites (N-methyl/N-ethyl adjacent to an activating group) is 1. The molecule has 2 atom stereocenters. The summed E-state index contributed by atoms with van der Waals surface area (Å²) < 4.78 is 6.25. The molecule has 2 unspecified atom stereocenters. The van der Waals surface area contributed by atoms with Crippen LogP contribution in [-0.2, 0) is 0 Å². The van der Waals surface area contributed by atoms with Crippen LogP contribution in [-0.4, -0.2) is 18.7 Å². The van der Waals surface area contributed by atoms with E-state index in [9.17, 15) is 0 Å². The van der Waals surface area contributed by atoms with Crippen LogP contribution in [0.5, 0.6) is 5.75 Å². The Bertz CT molecular complexity index is 387. The zero-order valence-electron chi connectivity index (χ0n) is 12.5. The molecule has 0 heterocycles. The van der Waals surface area contributed by atoms with Crippen LogP contribution >= 0.6 is 0 Å². The highest BCUT2D eigenvalue weighted by Crippen LogP contribution is 2.26. The second kappa shape index (κ2) is 6.95. The third kappa shape index (κ3) is 3.97. The van der Waals surface area contributed by atoms with Gasteiger partial charge in [-0.1, -0.05) is 39.3 Å². The molecule has 1 fully saturated rings. The second-order valence-corrected chi connectivity index (χ2v) is 5.83. The summed E-state index contributed by atoms with van der Waals surface area (Å²) in [6, 6.07) is 9.09. The van der Waals surface area contributed by atoms with E-state index in [2.05, 4.69) is 50.4 Å². The van der Waals surface area contributed by atoms with Crippen molar-refractivity contribution in [3.63, 3.8) is 0 Å². The first-order chi connectivity index (χ1) is 9.20. The molecule has 1 saturated carbocycles. The molecule has 0 aromatic heterocycles. The first-order valence-corrected chi connectivity index (χ1v) is 7.70. The van der Waals surface area contributed by atoms with Crippen LogP contribution < -0.4 is 10.1 Å². The molecule has 0 spiro atoms. The van der Waals surface area contributed by atoms with Crippen LogP contribution in [0, 0.1) is 0 Å². The fourth-order valence-corrected chi connectivity index (χ4v) is 2.86. The lowest BCUT2D eigenvalue weighted by Gasteiger charge is -2.32. The summed E-state index contributed by atoms with van der Waals surface area (Å²) >= 11 is 0. The standard InChI is InChI=1S/C17H27NO/c1-4-18-16-10-5-6-11-17(16)19-15-9-7-8-14(12-15)13(2)3/h7-9,12-13,16-18H,4-6,10-11H2,1-3H3. The molecule has 1 N–H and O–H groups in total. The van der Waals surface area contributed by atoms with Crippen molar-refractivity contribution in [3.8, 4) is 5.75 Å². The van der Waals surface area contributed by atoms with E-state index in [4.69, 9.17) is 4.74 Å². The lowest BCUT2D eigenvalue weighted by molar-refractivity contribution is 0.115. The molecule has 2 rings (SSSR count). The molecule has 2 nitrogen and oxygen atoms in total. The molecule has 0 aliphatic heterocycles. The number of benzene rings is 1. The number of nitrogens with one attached hydrogen (secondary N) is 1. The van der Waals surface area contributed by atoms with Gasteiger partial charge in [-0.15, -0.1) is 0 Å². The van der Waals surface area contributed by atoms with Gasteiger partial charge in [-0.3, -0.25) is 0 Å². The van der Waals surface area contributed by atoms with Crippen molar-refractivity contribution in [3.05, 3.63) is 29.8 Å². The second-order valence-electron chi connectivity index (χ2n) is 5.83. The third-order valence-corrected chi connectivity index (χ3v) is 3.98. The number of ether oxygens (including phenoxy) is 1. The van der Waals surface area contributed by atoms with Crippen LogP contribution in [0.25, 0.3) is 0 Å². The molecule has 0 saturated heterocycles. The summed E-state index contributed by atoms with van der Waals surface area (Å²) in [5.74, 6) is 1.58. The minimum absolute atomic E-state index is 0.330. The maximum absolute atomic E-state index is 6.25. The number of hydrogen-bond donors (Lipinski definition) is 1. The molecule has 1 aromatic rings. The van der Waals surface area contributed by atoms with Gasteiger partial charge in [0.15, 0.2) is 0 Å². The van der Waals surface area contributed by atoms with E-state index in [0.717, 1.165) is 12.3 Å². The minimum Gasteiger partial charge on any atom is -0.489 e. The average molecular weight is 261 g/mol. The fraction of sp³-hybridized carbons (Fsp3) is 0.647. The monoisotopic (exact) mass is 261 g/mol. The largest absolute Gasteiger partial charge is 0.489 e. The van der Waals surface area contributed by atoms with Gasteiger partial charge < -0.3 is 10.1 Å². The van der Waals surface area contributed by atoms with Crippen LogP contribution in [0.4, 0.5) is 0 Å². The van der Waals surface area contributed by atoms with E-state index in [-0.39, 0.29) is 0 Å². The molecule has 19 heavy (non-hydrogen) atoms. The van der Waals surface area contributed by atoms with Gasteiger partial charge in [0, 0.05) is 6.04 Å². The number of rotatable bonds is 5. The summed E-state index contributed by atoms with van der Waals surface area (Å²) in [4.78, 5) is 0. The van der Waals surface area contributed by atoms with Gasteiger partial charge in [-0.25, -0.2) is 0 Å². The highest BCUT2D eigenvalue weighted by Gasteiger charge is 2.25. The lowest BCUT2D eigenvalue weighted by Crippen LogP contribution is -2.45. The van der Waals surface area contributed by atoms with Gasteiger partial charge in [0.25, 0.3) is 0 Å². The summed E-state index contributed by atoms with van der Waals surface area (Å²) in [5, 5.41) is 3.57. The maximum Gasteiger partial charge on any atom is 0.120 e. The Labute approximate surface area is 117 Å². The van der Waals surface area contributed by atoms with Crippen molar-refractivity contribution < 1.29 is 4.74 Å². The van der Waals surface area contributed by atoms with Crippen molar-refractivity contribution in [2.75, 3.05) is 6.54 Å². The molecule has 2 heteroatoms. The molecule has 0 radical (unpaired) electrons. The van der Waals surface area contributed by atoms with E-state index in [1.54, 1.807) is 0 Å². The van der Waals surface area contributed by atoms with E-state index in [1.165, 1.54) is 31.2 Å². The van der Waals surface area contributed by atoms with Crippen molar-refractivity contribution in [1.29, 1.82) is 0 Å². The smallest absolute Gasteiger partial charge is 0.120 e. The summed E-state index contributed by atoms with van der Waals surface area (Å²) in [7, 11) is 0. The van der Waals surface area contributed by atoms with Crippen LogP contribution in [0.1, 0.15) is 57.9 Å². The third-order valence-electron chi connectivity index (χ3n) is 3.98. The molecule has 1 aromatic carbocycles. The van der Waals surface area contributed by atoms with Gasteiger partial charge in [-0.2, -0.15) is 0 Å². The molecular formula is C17H27NO. The molecule has 106 valence electrons. The van der Waals surface area contributed by atoms with E-state index in [0.29, 0.717) is 18.1 Å². The summed E-state index contributed by atoms with van der Waals surface area (Å²) in [6.45, 7) is 7.64. The predicted octanol–water partition coefficient (Wildman–Crippen LogP) is 4.11. The molecule has 0 amide bonds. The van der Waals surface area contributed by atoms with Gasteiger partial charge in [-0.05, 0) is 49.4 Å². The zero-order chi connectivity index (χ0) is 13.7. The van der Waals surface area contributed by atoms with Crippen molar-refractivity contribution >= 4 is 0 Å². The highest BCUT2D eigenvalue weighted by atomic mass is 16.5. The normalized spacial score (nSPS) is 23.6. The topological polar surface area (TPSA) is 21.3 Å². The Morgan fingerprint density at radius 2 is 2.05 bits per heavy atom. The first kappa shape index (κ1) is 14.4. The predicted molar refractivity (Wildman–Crippen MR) is 80.9 cm³/mol. The van der Waals surface area contributed by atoms with Gasteiger partial charge in [0.05, 0.1) is 0 Å². The van der Waals surface area contributed by atoms with E-state index < -0.39 is 0 Å². The van der Waals surface area contributed by atoms with Crippen LogP contribution in [0.3, 0.4) is 0 Å². The SMILES string of the molecule is CCNC1CCCCC1Oc1cccc(C(C)C)c1. The fourth-order valence-electron chi connectivity index (χ4n) is 2.86. The van der Waals surface area contributed by atoms with Crippen molar-refractivity contribution in [1.82, 2.24) is 5.32 Å². The van der Waals surface area contributed by atoms with E-state index >= 15 is 0 Å². The minimum atomic E-state index is 0.330. The van der Waals surface area contributed by atoms with Gasteiger partial charge in [0.1, 0.15) is 11.9 Å². The first-order valence-electron chi connectivity index (χ1n) is 7.70. The molecule has 1 aliphatic carbocycles. The van der Waals surface area contributed by atoms with E-state index in [1.807, 2.05) is 0 Å². The lowest BCUT2D eigenvalue weighted by atomic mass is 9.92. The van der Waals surface area contributed by atoms with Gasteiger partial charge in [0.2, 0.25) is 0 Å². The molecule has 1 aliphatic rings. The van der Waals surface area contributed by atoms with Crippen molar-refractivity contribution in [2.24, 2.45) is 0 Å². The Morgan fingerprint density at radius 1 is 1.26 bits per heavy atom. The van der Waals surface area contributed by atoms with Gasteiger partial charge >= 0.3 is 0 Å². The quantitative estimate of drug-likeness (QED) is 0.861. The molecular weight excluding hydrogens is 234 g/mol. The maximum atomic E-state index is 6.25. The van der Waals surface area contributed by atoms with Crippen LogP contribution in [0.2, 0.25) is 0 Å². The van der Waals surface area contributed by atoms with Crippen LogP contribution in [0.15, 0.2) is 24.3 Å². The average Bonchev–Trinajstić information content (AvgIpc) is 2.41. The Kier molecular flexibility index (Phi) is 5.26. The highest BCUT2D eigenvalue weighted by molar-refractivity contribution is 5.30. The Balaban J connectivity index is 2.03. The molecule has 0 bridgehead atoms. The summed E-state index contributed by atoms with van der Waals surface area (Å²) in [5.41, 5.74) is 1.35. The zero-order valence-corrected chi connectivity index (χ0v) is 12.5. The Morgan fingerprint density at radius 3 is 2.79 bits per heavy atom. The Hall–Kier alpha value is -1.02. The van der Waals surface area contributed by atoms with Crippen molar-refractivity contribution in [2.45, 2.75) is 64.5 Å². The summed E-state index contributed by atoms with van der Waals surface area (Å²) in [6.07, 6.45) is 5.35. The number of hydrogen-bond acceptors (Lipinski definition) is 2.